The molecule has 5 aromatic rings. The molecule has 3 heterocycles. The number of hydrogen-bond donors (Lipinski definition) is 1. The normalized spacial score (nSPS) is 16.7. The van der Waals surface area contributed by atoms with Crippen LogP contribution in [0.2, 0.25) is 5.02 Å². The lowest BCUT2D eigenvalue weighted by atomic mass is 9.97. The standard InChI is InChI=1S/C35H36ClFN4O5S/c1-3-29-32-28(38-39(29)2)20-41(23-11-12-23)47(44,45)18-6-16-40-33-26(14-15-27(36)31(32)33)25(34(40)35(42)43)8-5-17-46-30-9-4-7-21-19-22(37)10-13-24(21)30/h4,7,9-10,13-15,19,23H,3,5-6,8,11-12,16-18,20H2,1-2H3,(H,42,43). The Bertz CT molecular complexity index is 2150. The highest BCUT2D eigenvalue weighted by Gasteiger charge is 2.39. The Labute approximate surface area is 277 Å². The SMILES string of the molecule is CCc1c2c(nn1C)CN(C1CC1)S(=O)(=O)CCCn1c(C(=O)O)c(CCCOc3cccc4cc(F)ccc34)c3ccc(Cl)c-2c31. The highest BCUT2D eigenvalue weighted by molar-refractivity contribution is 7.89. The minimum atomic E-state index is -3.63. The summed E-state index contributed by atoms with van der Waals surface area (Å²) in [5.41, 5.74) is 4.43. The molecular formula is C35H36ClFN4O5S. The van der Waals surface area contributed by atoms with Gasteiger partial charge in [-0.1, -0.05) is 36.7 Å². The van der Waals surface area contributed by atoms with Gasteiger partial charge >= 0.3 is 5.97 Å². The molecule has 0 unspecified atom stereocenters. The molecule has 0 spiro atoms. The molecule has 9 nitrogen and oxygen atoms in total. The summed E-state index contributed by atoms with van der Waals surface area (Å²) in [6.45, 7) is 2.67. The largest absolute Gasteiger partial charge is 0.493 e. The smallest absolute Gasteiger partial charge is 0.352 e. The van der Waals surface area contributed by atoms with Crippen molar-refractivity contribution in [3.8, 4) is 16.9 Å². The quantitative estimate of drug-likeness (QED) is 0.178. The van der Waals surface area contributed by atoms with Crippen molar-refractivity contribution in [3.05, 3.63) is 82.0 Å². The highest BCUT2D eigenvalue weighted by Crippen LogP contribution is 2.44. The molecule has 246 valence electrons. The van der Waals surface area contributed by atoms with Crippen LogP contribution in [-0.4, -0.2) is 56.5 Å². The van der Waals surface area contributed by atoms with Gasteiger partial charge in [-0.3, -0.25) is 4.68 Å². The first-order valence-corrected chi connectivity index (χ1v) is 18.0. The molecule has 47 heavy (non-hydrogen) atoms. The Balaban J connectivity index is 1.33. The highest BCUT2D eigenvalue weighted by atomic mass is 35.5. The lowest BCUT2D eigenvalue weighted by Gasteiger charge is -2.21. The van der Waals surface area contributed by atoms with Crippen molar-refractivity contribution < 1.29 is 27.4 Å². The molecule has 0 amide bonds. The van der Waals surface area contributed by atoms with Gasteiger partial charge in [0, 0.05) is 47.2 Å². The molecule has 1 saturated carbocycles. The number of benzene rings is 3. The zero-order valence-electron chi connectivity index (χ0n) is 26.3. The van der Waals surface area contributed by atoms with E-state index >= 15 is 0 Å². The average Bonchev–Trinajstić information content (AvgIpc) is 3.75. The molecule has 2 aromatic heterocycles. The molecule has 3 aromatic carbocycles. The van der Waals surface area contributed by atoms with E-state index < -0.39 is 16.0 Å². The summed E-state index contributed by atoms with van der Waals surface area (Å²) in [5.74, 6) is -0.877. The molecule has 1 N–H and O–H groups in total. The molecule has 0 bridgehead atoms. The van der Waals surface area contributed by atoms with Crippen LogP contribution in [0.5, 0.6) is 5.75 Å². The number of aromatic carboxylic acids is 1. The minimum Gasteiger partial charge on any atom is -0.493 e. The van der Waals surface area contributed by atoms with Crippen LogP contribution in [-0.2, 0) is 43.0 Å². The summed E-state index contributed by atoms with van der Waals surface area (Å²) in [6.07, 6.45) is 3.41. The summed E-state index contributed by atoms with van der Waals surface area (Å²) < 4.78 is 52.4. The van der Waals surface area contributed by atoms with Crippen LogP contribution in [0.1, 0.15) is 60.0 Å². The fourth-order valence-electron chi connectivity index (χ4n) is 7.15. The van der Waals surface area contributed by atoms with Crippen molar-refractivity contribution in [2.45, 2.75) is 64.6 Å². The third-order valence-electron chi connectivity index (χ3n) is 9.34. The number of fused-ring (bicyclic) bond motifs is 3. The number of sulfonamides is 1. The van der Waals surface area contributed by atoms with Crippen molar-refractivity contribution in [2.75, 3.05) is 12.4 Å². The predicted octanol–water partition coefficient (Wildman–Crippen LogP) is 6.96. The third kappa shape index (κ3) is 5.68. The summed E-state index contributed by atoms with van der Waals surface area (Å²) >= 11 is 7.02. The maximum atomic E-state index is 13.8. The Kier molecular flexibility index (Phi) is 8.26. The van der Waals surface area contributed by atoms with Crippen LogP contribution in [0.4, 0.5) is 4.39 Å². The number of halogens is 2. The van der Waals surface area contributed by atoms with Gasteiger partial charge in [0.1, 0.15) is 17.3 Å². The number of rotatable bonds is 8. The van der Waals surface area contributed by atoms with Crippen LogP contribution in [0.3, 0.4) is 0 Å². The number of aromatic nitrogens is 3. The van der Waals surface area contributed by atoms with E-state index in [1.165, 1.54) is 12.1 Å². The van der Waals surface area contributed by atoms with Crippen LogP contribution in [0.25, 0.3) is 32.8 Å². The van der Waals surface area contributed by atoms with Crippen LogP contribution >= 0.6 is 11.6 Å². The van der Waals surface area contributed by atoms with Crippen molar-refractivity contribution in [3.63, 3.8) is 0 Å². The first kappa shape index (κ1) is 31.7. The molecule has 0 atom stereocenters. The van der Waals surface area contributed by atoms with Gasteiger partial charge < -0.3 is 14.4 Å². The fourth-order valence-corrected chi connectivity index (χ4v) is 9.10. The van der Waals surface area contributed by atoms with E-state index in [2.05, 4.69) is 0 Å². The second-order valence-corrected chi connectivity index (χ2v) is 14.8. The van der Waals surface area contributed by atoms with Crippen LogP contribution in [0.15, 0.2) is 48.5 Å². The summed E-state index contributed by atoms with van der Waals surface area (Å²) in [7, 11) is -1.78. The Morgan fingerprint density at radius 1 is 1.13 bits per heavy atom. The predicted molar refractivity (Wildman–Crippen MR) is 180 cm³/mol. The zero-order valence-corrected chi connectivity index (χ0v) is 27.9. The molecule has 1 aliphatic carbocycles. The summed E-state index contributed by atoms with van der Waals surface area (Å²) in [4.78, 5) is 13.0. The average molecular weight is 679 g/mol. The number of carbonyl (C=O) groups is 1. The number of carboxylic acids is 1. The third-order valence-corrected chi connectivity index (χ3v) is 11.6. The van der Waals surface area contributed by atoms with Gasteiger partial charge in [-0.25, -0.2) is 17.6 Å². The van der Waals surface area contributed by atoms with Gasteiger partial charge in [0.15, 0.2) is 0 Å². The van der Waals surface area contributed by atoms with Gasteiger partial charge in [0.25, 0.3) is 0 Å². The van der Waals surface area contributed by atoms with Crippen molar-refractivity contribution in [1.82, 2.24) is 18.7 Å². The Morgan fingerprint density at radius 3 is 2.66 bits per heavy atom. The zero-order chi connectivity index (χ0) is 33.0. The molecule has 0 saturated heterocycles. The van der Waals surface area contributed by atoms with Crippen molar-refractivity contribution in [2.24, 2.45) is 7.05 Å². The van der Waals surface area contributed by atoms with Gasteiger partial charge in [0.2, 0.25) is 10.0 Å². The lowest BCUT2D eigenvalue weighted by Crippen LogP contribution is -2.35. The van der Waals surface area contributed by atoms with E-state index in [1.54, 1.807) is 25.7 Å². The molecule has 12 heteroatoms. The van der Waals surface area contributed by atoms with Gasteiger partial charge in [-0.05, 0) is 79.8 Å². The summed E-state index contributed by atoms with van der Waals surface area (Å²) in [5, 5.41) is 18.2. The Morgan fingerprint density at radius 2 is 1.91 bits per heavy atom. The molecular weight excluding hydrogens is 643 g/mol. The topological polar surface area (TPSA) is 107 Å². The number of hydrogen-bond acceptors (Lipinski definition) is 5. The molecule has 7 rings (SSSR count). The molecule has 1 fully saturated rings. The van der Waals surface area contributed by atoms with E-state index in [4.69, 9.17) is 21.4 Å². The second-order valence-electron chi connectivity index (χ2n) is 12.4. The number of aryl methyl sites for hydroxylation is 3. The van der Waals surface area contributed by atoms with E-state index in [0.717, 1.165) is 40.3 Å². The second kappa shape index (κ2) is 12.3. The first-order chi connectivity index (χ1) is 22.6. The van der Waals surface area contributed by atoms with E-state index in [9.17, 15) is 22.7 Å². The molecule has 1 aliphatic heterocycles. The maximum absolute atomic E-state index is 13.8. The van der Waals surface area contributed by atoms with Gasteiger partial charge in [-0.15, -0.1) is 0 Å². The van der Waals surface area contributed by atoms with E-state index in [0.29, 0.717) is 59.0 Å². The maximum Gasteiger partial charge on any atom is 0.352 e. The minimum absolute atomic E-state index is 0.0516. The van der Waals surface area contributed by atoms with E-state index in [1.807, 2.05) is 38.2 Å². The fraction of sp³-hybridized carbons (Fsp3) is 0.371. The Hall–Kier alpha value is -3.93. The van der Waals surface area contributed by atoms with E-state index in [-0.39, 0.29) is 42.8 Å². The monoisotopic (exact) mass is 678 g/mol. The number of carboxylic acid groups (broad SMARTS) is 1. The van der Waals surface area contributed by atoms with Crippen LogP contribution in [0, 0.1) is 5.82 Å². The van der Waals surface area contributed by atoms with Gasteiger partial charge in [-0.2, -0.15) is 9.40 Å². The molecule has 2 aliphatic rings. The summed E-state index contributed by atoms with van der Waals surface area (Å²) in [6, 6.07) is 13.7. The first-order valence-electron chi connectivity index (χ1n) is 16.0. The van der Waals surface area contributed by atoms with Gasteiger partial charge in [0.05, 0.1) is 35.1 Å². The van der Waals surface area contributed by atoms with Crippen molar-refractivity contribution in [1.29, 1.82) is 0 Å². The lowest BCUT2D eigenvalue weighted by molar-refractivity contribution is 0.0684. The number of ether oxygens (including phenoxy) is 1. The molecule has 0 radical (unpaired) electrons. The van der Waals surface area contributed by atoms with Crippen LogP contribution < -0.4 is 4.74 Å². The number of nitrogens with zero attached hydrogens (tertiary/aromatic N) is 4. The van der Waals surface area contributed by atoms with Crippen molar-refractivity contribution >= 4 is 49.3 Å².